The SMILES string of the molecule is CCc1cc(NC(=O)CCN2C(=O)NC(C)(C)C2=O)n[nH]1. The van der Waals surface area contributed by atoms with Gasteiger partial charge >= 0.3 is 6.03 Å². The molecule has 0 saturated carbocycles. The Morgan fingerprint density at radius 3 is 2.67 bits per heavy atom. The molecule has 1 aromatic heterocycles. The van der Waals surface area contributed by atoms with E-state index in [4.69, 9.17) is 0 Å². The fraction of sp³-hybridized carbons (Fsp3) is 0.538. The van der Waals surface area contributed by atoms with E-state index in [0.717, 1.165) is 17.0 Å². The van der Waals surface area contributed by atoms with Gasteiger partial charge in [0.25, 0.3) is 5.91 Å². The van der Waals surface area contributed by atoms with Gasteiger partial charge in [-0.25, -0.2) is 4.79 Å². The number of H-pyrrole nitrogens is 1. The van der Waals surface area contributed by atoms with Gasteiger partial charge in [0.05, 0.1) is 0 Å². The fourth-order valence-corrected chi connectivity index (χ4v) is 2.05. The van der Waals surface area contributed by atoms with Crippen molar-refractivity contribution in [3.63, 3.8) is 0 Å². The second kappa shape index (κ2) is 5.55. The second-order valence-corrected chi connectivity index (χ2v) is 5.44. The summed E-state index contributed by atoms with van der Waals surface area (Å²) in [6, 6.07) is 1.28. The summed E-state index contributed by atoms with van der Waals surface area (Å²) in [5.41, 5.74) is 0.00680. The molecule has 1 aliphatic rings. The molecule has 21 heavy (non-hydrogen) atoms. The number of amides is 4. The third kappa shape index (κ3) is 3.21. The minimum atomic E-state index is -0.911. The summed E-state index contributed by atoms with van der Waals surface area (Å²) in [4.78, 5) is 36.5. The molecule has 8 heteroatoms. The minimum absolute atomic E-state index is 0.0313. The molecule has 1 fully saturated rings. The number of aryl methyl sites for hydroxylation is 1. The van der Waals surface area contributed by atoms with Crippen LogP contribution in [-0.2, 0) is 16.0 Å². The molecule has 0 radical (unpaired) electrons. The standard InChI is InChI=1S/C13H19N5O3/c1-4-8-7-9(17-16-8)14-10(19)5-6-18-11(20)13(2,3)15-12(18)21/h7H,4-6H2,1-3H3,(H,15,21)(H2,14,16,17,19). The molecule has 4 amide bonds. The van der Waals surface area contributed by atoms with Gasteiger partial charge < -0.3 is 10.6 Å². The first-order valence-corrected chi connectivity index (χ1v) is 6.81. The monoisotopic (exact) mass is 293 g/mol. The molecule has 0 spiro atoms. The van der Waals surface area contributed by atoms with Crippen LogP contribution in [-0.4, -0.2) is 45.0 Å². The van der Waals surface area contributed by atoms with Crippen LogP contribution in [0.5, 0.6) is 0 Å². The summed E-state index contributed by atoms with van der Waals surface area (Å²) in [7, 11) is 0. The summed E-state index contributed by atoms with van der Waals surface area (Å²) in [6.45, 7) is 5.27. The Morgan fingerprint density at radius 1 is 1.43 bits per heavy atom. The molecule has 2 rings (SSSR count). The van der Waals surface area contributed by atoms with Gasteiger partial charge in [-0.3, -0.25) is 19.6 Å². The van der Waals surface area contributed by atoms with Crippen LogP contribution in [0.4, 0.5) is 10.6 Å². The average Bonchev–Trinajstić information content (AvgIpc) is 2.92. The Morgan fingerprint density at radius 2 is 2.14 bits per heavy atom. The highest BCUT2D eigenvalue weighted by Crippen LogP contribution is 2.16. The topological polar surface area (TPSA) is 107 Å². The Hall–Kier alpha value is -2.38. The van der Waals surface area contributed by atoms with Crippen molar-refractivity contribution in [1.82, 2.24) is 20.4 Å². The van der Waals surface area contributed by atoms with Gasteiger partial charge in [-0.2, -0.15) is 5.10 Å². The number of rotatable bonds is 5. The molecule has 0 atom stereocenters. The molecule has 3 N–H and O–H groups in total. The van der Waals surface area contributed by atoms with E-state index in [1.165, 1.54) is 0 Å². The lowest BCUT2D eigenvalue weighted by atomic mass is 10.1. The second-order valence-electron chi connectivity index (χ2n) is 5.44. The molecule has 0 aromatic carbocycles. The van der Waals surface area contributed by atoms with E-state index in [1.807, 2.05) is 6.92 Å². The van der Waals surface area contributed by atoms with Crippen molar-refractivity contribution < 1.29 is 14.4 Å². The van der Waals surface area contributed by atoms with Gasteiger partial charge in [0.15, 0.2) is 5.82 Å². The molecule has 0 aliphatic carbocycles. The molecular weight excluding hydrogens is 274 g/mol. The Balaban J connectivity index is 1.87. The van der Waals surface area contributed by atoms with Gasteiger partial charge in [0, 0.05) is 24.7 Å². The van der Waals surface area contributed by atoms with E-state index in [1.54, 1.807) is 19.9 Å². The molecule has 1 aliphatic heterocycles. The van der Waals surface area contributed by atoms with Crippen molar-refractivity contribution in [1.29, 1.82) is 0 Å². The van der Waals surface area contributed by atoms with Gasteiger partial charge in [0.2, 0.25) is 5.91 Å². The van der Waals surface area contributed by atoms with Crippen LogP contribution in [0.2, 0.25) is 0 Å². The summed E-state index contributed by atoms with van der Waals surface area (Å²) >= 11 is 0. The van der Waals surface area contributed by atoms with Gasteiger partial charge in [-0.05, 0) is 20.3 Å². The zero-order valence-corrected chi connectivity index (χ0v) is 12.3. The predicted molar refractivity (Wildman–Crippen MR) is 75.5 cm³/mol. The number of urea groups is 1. The smallest absolute Gasteiger partial charge is 0.324 e. The van der Waals surface area contributed by atoms with Crippen LogP contribution in [0.15, 0.2) is 6.07 Å². The summed E-state index contributed by atoms with van der Waals surface area (Å²) in [5, 5.41) is 11.9. The molecule has 1 aromatic rings. The van der Waals surface area contributed by atoms with Crippen LogP contribution in [0.1, 0.15) is 32.9 Å². The highest BCUT2D eigenvalue weighted by atomic mass is 16.2. The number of nitrogens with zero attached hydrogens (tertiary/aromatic N) is 2. The summed E-state index contributed by atoms with van der Waals surface area (Å²) in [5.74, 6) is -0.183. The van der Waals surface area contributed by atoms with E-state index in [2.05, 4.69) is 20.8 Å². The van der Waals surface area contributed by atoms with Crippen molar-refractivity contribution >= 4 is 23.7 Å². The number of hydrogen-bond acceptors (Lipinski definition) is 4. The van der Waals surface area contributed by atoms with Gasteiger partial charge in [-0.1, -0.05) is 6.92 Å². The largest absolute Gasteiger partial charge is 0.325 e. The van der Waals surface area contributed by atoms with E-state index in [-0.39, 0.29) is 24.8 Å². The van der Waals surface area contributed by atoms with E-state index in [9.17, 15) is 14.4 Å². The normalized spacial score (nSPS) is 17.0. The van der Waals surface area contributed by atoms with Crippen LogP contribution in [0, 0.1) is 0 Å². The summed E-state index contributed by atoms with van der Waals surface area (Å²) < 4.78 is 0. The number of aromatic amines is 1. The lowest BCUT2D eigenvalue weighted by molar-refractivity contribution is -0.130. The summed E-state index contributed by atoms with van der Waals surface area (Å²) in [6.07, 6.45) is 0.823. The van der Waals surface area contributed by atoms with Crippen LogP contribution in [0.3, 0.4) is 0 Å². The first-order valence-electron chi connectivity index (χ1n) is 6.81. The number of aromatic nitrogens is 2. The fourth-order valence-electron chi connectivity index (χ4n) is 2.05. The molecule has 8 nitrogen and oxygen atoms in total. The maximum absolute atomic E-state index is 11.9. The van der Waals surface area contributed by atoms with Crippen LogP contribution < -0.4 is 10.6 Å². The number of carbonyl (C=O) groups is 3. The molecule has 0 bridgehead atoms. The minimum Gasteiger partial charge on any atom is -0.324 e. The zero-order chi connectivity index (χ0) is 15.6. The van der Waals surface area contributed by atoms with Crippen LogP contribution in [0.25, 0.3) is 0 Å². The van der Waals surface area contributed by atoms with Gasteiger partial charge in [0.1, 0.15) is 5.54 Å². The Kier molecular flexibility index (Phi) is 3.97. The highest BCUT2D eigenvalue weighted by Gasteiger charge is 2.43. The number of anilines is 1. The number of hydrogen-bond donors (Lipinski definition) is 3. The Bertz CT molecular complexity index is 578. The van der Waals surface area contributed by atoms with Crippen molar-refractivity contribution in [2.45, 2.75) is 39.2 Å². The van der Waals surface area contributed by atoms with Crippen molar-refractivity contribution in [2.24, 2.45) is 0 Å². The van der Waals surface area contributed by atoms with Crippen LogP contribution >= 0.6 is 0 Å². The van der Waals surface area contributed by atoms with Crippen molar-refractivity contribution in [3.8, 4) is 0 Å². The average molecular weight is 293 g/mol. The predicted octanol–water partition coefficient (Wildman–Crippen LogP) is 0.631. The molecule has 1 saturated heterocycles. The number of imide groups is 1. The lowest BCUT2D eigenvalue weighted by Crippen LogP contribution is -2.40. The van der Waals surface area contributed by atoms with Crippen molar-refractivity contribution in [2.75, 3.05) is 11.9 Å². The lowest BCUT2D eigenvalue weighted by Gasteiger charge is -2.15. The maximum Gasteiger partial charge on any atom is 0.325 e. The van der Waals surface area contributed by atoms with Crippen molar-refractivity contribution in [3.05, 3.63) is 11.8 Å². The van der Waals surface area contributed by atoms with E-state index < -0.39 is 11.6 Å². The first-order chi connectivity index (χ1) is 9.83. The molecule has 0 unspecified atom stereocenters. The molecule has 114 valence electrons. The number of carbonyl (C=O) groups excluding carboxylic acids is 3. The van der Waals surface area contributed by atoms with E-state index in [0.29, 0.717) is 5.82 Å². The molecular formula is C13H19N5O3. The highest BCUT2D eigenvalue weighted by molar-refractivity contribution is 6.06. The molecule has 2 heterocycles. The van der Waals surface area contributed by atoms with E-state index >= 15 is 0 Å². The first kappa shape index (κ1) is 15.0. The maximum atomic E-state index is 11.9. The number of nitrogens with one attached hydrogen (secondary N) is 3. The zero-order valence-electron chi connectivity index (χ0n) is 12.3. The third-order valence-corrected chi connectivity index (χ3v) is 3.29. The third-order valence-electron chi connectivity index (χ3n) is 3.29. The van der Waals surface area contributed by atoms with Gasteiger partial charge in [-0.15, -0.1) is 0 Å². The quantitative estimate of drug-likeness (QED) is 0.692. The Labute approximate surface area is 122 Å².